The van der Waals surface area contributed by atoms with Crippen molar-refractivity contribution in [1.29, 1.82) is 0 Å². The highest BCUT2D eigenvalue weighted by Gasteiger charge is 2.19. The molecule has 0 aliphatic heterocycles. The van der Waals surface area contributed by atoms with Crippen molar-refractivity contribution >= 4 is 11.4 Å². The standard InChI is InChI=1S/C13H17N3O/c1-13(2,3)11-8-16-6-4-5-9(10(17)7-14)12(16)15-11/h4-6,8H,7,14H2,1-3H3. The van der Waals surface area contributed by atoms with Gasteiger partial charge in [-0.05, 0) is 12.1 Å². The molecule has 17 heavy (non-hydrogen) atoms. The number of imidazole rings is 1. The van der Waals surface area contributed by atoms with E-state index in [1.807, 2.05) is 22.9 Å². The van der Waals surface area contributed by atoms with E-state index in [0.717, 1.165) is 5.69 Å². The third-order valence-corrected chi connectivity index (χ3v) is 2.74. The quantitative estimate of drug-likeness (QED) is 0.801. The van der Waals surface area contributed by atoms with Crippen molar-refractivity contribution in [2.75, 3.05) is 6.54 Å². The number of fused-ring (bicyclic) bond motifs is 1. The van der Waals surface area contributed by atoms with E-state index in [9.17, 15) is 4.79 Å². The molecule has 0 radical (unpaired) electrons. The second-order valence-corrected chi connectivity index (χ2v) is 5.16. The Morgan fingerprint density at radius 3 is 2.76 bits per heavy atom. The first-order chi connectivity index (χ1) is 7.93. The van der Waals surface area contributed by atoms with Crippen LogP contribution in [0, 0.1) is 0 Å². The van der Waals surface area contributed by atoms with Gasteiger partial charge >= 0.3 is 0 Å². The van der Waals surface area contributed by atoms with Gasteiger partial charge in [-0.3, -0.25) is 4.79 Å². The van der Waals surface area contributed by atoms with E-state index in [0.29, 0.717) is 11.2 Å². The summed E-state index contributed by atoms with van der Waals surface area (Å²) in [5, 5.41) is 0. The maximum Gasteiger partial charge on any atom is 0.180 e. The van der Waals surface area contributed by atoms with Gasteiger partial charge in [-0.2, -0.15) is 0 Å². The third kappa shape index (κ3) is 2.08. The number of carbonyl (C=O) groups is 1. The van der Waals surface area contributed by atoms with Gasteiger partial charge in [0.05, 0.1) is 17.8 Å². The molecule has 4 heteroatoms. The molecule has 0 saturated heterocycles. The summed E-state index contributed by atoms with van der Waals surface area (Å²) in [6, 6.07) is 3.61. The lowest BCUT2D eigenvalue weighted by molar-refractivity contribution is 0.100. The predicted octanol–water partition coefficient (Wildman–Crippen LogP) is 1.77. The van der Waals surface area contributed by atoms with Gasteiger partial charge in [-0.1, -0.05) is 20.8 Å². The molecule has 0 atom stereocenters. The first-order valence-corrected chi connectivity index (χ1v) is 5.65. The number of carbonyl (C=O) groups excluding carboxylic acids is 1. The highest BCUT2D eigenvalue weighted by atomic mass is 16.1. The van der Waals surface area contributed by atoms with Crippen LogP contribution in [0.3, 0.4) is 0 Å². The number of rotatable bonds is 2. The van der Waals surface area contributed by atoms with Crippen molar-refractivity contribution < 1.29 is 4.79 Å². The van der Waals surface area contributed by atoms with E-state index < -0.39 is 0 Å². The fraction of sp³-hybridized carbons (Fsp3) is 0.385. The number of hydrogen-bond donors (Lipinski definition) is 1. The Morgan fingerprint density at radius 2 is 2.18 bits per heavy atom. The molecule has 0 aromatic carbocycles. The van der Waals surface area contributed by atoms with Crippen LogP contribution in [0.1, 0.15) is 36.8 Å². The molecule has 0 amide bonds. The first-order valence-electron chi connectivity index (χ1n) is 5.65. The smallest absolute Gasteiger partial charge is 0.180 e. The minimum absolute atomic E-state index is 0.0113. The van der Waals surface area contributed by atoms with E-state index in [2.05, 4.69) is 25.8 Å². The van der Waals surface area contributed by atoms with Crippen LogP contribution >= 0.6 is 0 Å². The van der Waals surface area contributed by atoms with Gasteiger partial charge in [-0.25, -0.2) is 4.98 Å². The molecule has 0 fully saturated rings. The molecule has 2 aromatic heterocycles. The molecule has 2 N–H and O–H groups in total. The summed E-state index contributed by atoms with van der Waals surface area (Å²) >= 11 is 0. The van der Waals surface area contributed by atoms with Crippen molar-refractivity contribution in [3.63, 3.8) is 0 Å². The summed E-state index contributed by atoms with van der Waals surface area (Å²) in [6.45, 7) is 6.30. The average Bonchev–Trinajstić information content (AvgIpc) is 2.71. The monoisotopic (exact) mass is 231 g/mol. The summed E-state index contributed by atoms with van der Waals surface area (Å²) in [6.07, 6.45) is 3.85. The Hall–Kier alpha value is -1.68. The Kier molecular flexibility index (Phi) is 2.75. The van der Waals surface area contributed by atoms with Gasteiger partial charge in [0, 0.05) is 17.8 Å². The Balaban J connectivity index is 2.65. The molecule has 0 bridgehead atoms. The number of nitrogens with two attached hydrogens (primary N) is 1. The van der Waals surface area contributed by atoms with Gasteiger partial charge in [0.1, 0.15) is 5.65 Å². The Morgan fingerprint density at radius 1 is 1.47 bits per heavy atom. The molecule has 90 valence electrons. The minimum Gasteiger partial charge on any atom is -0.324 e. The van der Waals surface area contributed by atoms with Crippen LogP contribution in [-0.2, 0) is 5.41 Å². The van der Waals surface area contributed by atoms with Crippen LogP contribution in [0.5, 0.6) is 0 Å². The molecule has 2 heterocycles. The van der Waals surface area contributed by atoms with Gasteiger partial charge in [-0.15, -0.1) is 0 Å². The summed E-state index contributed by atoms with van der Waals surface area (Å²) in [4.78, 5) is 16.2. The Labute approximate surface area is 100 Å². The van der Waals surface area contributed by atoms with Crippen molar-refractivity contribution in [3.05, 3.63) is 35.8 Å². The summed E-state index contributed by atoms with van der Waals surface area (Å²) < 4.78 is 1.88. The second-order valence-electron chi connectivity index (χ2n) is 5.16. The molecular weight excluding hydrogens is 214 g/mol. The molecule has 0 aliphatic rings. The molecule has 0 aliphatic carbocycles. The number of ketones is 1. The van der Waals surface area contributed by atoms with E-state index >= 15 is 0 Å². The molecule has 2 aromatic rings. The highest BCUT2D eigenvalue weighted by molar-refractivity contribution is 6.02. The van der Waals surface area contributed by atoms with Crippen LogP contribution in [0.25, 0.3) is 5.65 Å². The van der Waals surface area contributed by atoms with Gasteiger partial charge in [0.25, 0.3) is 0 Å². The van der Waals surface area contributed by atoms with Crippen molar-refractivity contribution in [2.45, 2.75) is 26.2 Å². The zero-order valence-electron chi connectivity index (χ0n) is 10.4. The molecule has 0 saturated carbocycles. The summed E-state index contributed by atoms with van der Waals surface area (Å²) in [5.74, 6) is -0.0818. The number of Topliss-reactive ketones (excluding diaryl/α,β-unsaturated/α-hetero) is 1. The van der Waals surface area contributed by atoms with Crippen LogP contribution in [0.15, 0.2) is 24.5 Å². The van der Waals surface area contributed by atoms with E-state index in [1.165, 1.54) is 0 Å². The van der Waals surface area contributed by atoms with Gasteiger partial charge < -0.3 is 10.1 Å². The summed E-state index contributed by atoms with van der Waals surface area (Å²) in [5.41, 5.74) is 7.61. The molecule has 0 unspecified atom stereocenters. The molecule has 2 rings (SSSR count). The average molecular weight is 231 g/mol. The fourth-order valence-corrected chi connectivity index (χ4v) is 1.70. The van der Waals surface area contributed by atoms with Gasteiger partial charge in [0.2, 0.25) is 0 Å². The lowest BCUT2D eigenvalue weighted by atomic mass is 9.93. The predicted molar refractivity (Wildman–Crippen MR) is 67.3 cm³/mol. The fourth-order valence-electron chi connectivity index (χ4n) is 1.70. The van der Waals surface area contributed by atoms with Crippen molar-refractivity contribution in [2.24, 2.45) is 5.73 Å². The maximum atomic E-state index is 11.7. The third-order valence-electron chi connectivity index (χ3n) is 2.74. The highest BCUT2D eigenvalue weighted by Crippen LogP contribution is 2.22. The number of nitrogens with zero attached hydrogens (tertiary/aromatic N) is 2. The lowest BCUT2D eigenvalue weighted by Gasteiger charge is -2.13. The largest absolute Gasteiger partial charge is 0.324 e. The van der Waals surface area contributed by atoms with Crippen LogP contribution in [-0.4, -0.2) is 21.7 Å². The topological polar surface area (TPSA) is 60.4 Å². The van der Waals surface area contributed by atoms with Crippen LogP contribution in [0.2, 0.25) is 0 Å². The minimum atomic E-state index is -0.0818. The molecule has 0 spiro atoms. The number of hydrogen-bond acceptors (Lipinski definition) is 3. The van der Waals surface area contributed by atoms with E-state index in [1.54, 1.807) is 6.07 Å². The molecular formula is C13H17N3O. The maximum absolute atomic E-state index is 11.7. The SMILES string of the molecule is CC(C)(C)c1cn2cccc(C(=O)CN)c2n1. The zero-order chi connectivity index (χ0) is 12.6. The lowest BCUT2D eigenvalue weighted by Crippen LogP contribution is -2.15. The number of pyridine rings is 1. The van der Waals surface area contributed by atoms with Crippen LogP contribution in [0.4, 0.5) is 0 Å². The Bertz CT molecular complexity index is 564. The number of aromatic nitrogens is 2. The van der Waals surface area contributed by atoms with E-state index in [4.69, 9.17) is 5.73 Å². The van der Waals surface area contributed by atoms with Crippen molar-refractivity contribution in [3.8, 4) is 0 Å². The summed E-state index contributed by atoms with van der Waals surface area (Å²) in [7, 11) is 0. The first kappa shape index (κ1) is 11.8. The van der Waals surface area contributed by atoms with Crippen molar-refractivity contribution in [1.82, 2.24) is 9.38 Å². The van der Waals surface area contributed by atoms with Crippen LogP contribution < -0.4 is 5.73 Å². The zero-order valence-corrected chi connectivity index (χ0v) is 10.4. The molecule has 4 nitrogen and oxygen atoms in total. The normalized spacial score (nSPS) is 12.0. The second kappa shape index (κ2) is 3.96. The van der Waals surface area contributed by atoms with Gasteiger partial charge in [0.15, 0.2) is 5.78 Å². The van der Waals surface area contributed by atoms with E-state index in [-0.39, 0.29) is 17.7 Å².